The molecule has 0 radical (unpaired) electrons. The Morgan fingerprint density at radius 1 is 1.50 bits per heavy atom. The van der Waals surface area contributed by atoms with Crippen LogP contribution in [0.25, 0.3) is 0 Å². The number of amides is 1. The van der Waals surface area contributed by atoms with Crippen LogP contribution in [0.3, 0.4) is 0 Å². The summed E-state index contributed by atoms with van der Waals surface area (Å²) in [6.07, 6.45) is 2.62. The van der Waals surface area contributed by atoms with Crippen molar-refractivity contribution < 1.29 is 4.79 Å². The normalized spacial score (nSPS) is 12.2. The van der Waals surface area contributed by atoms with Crippen LogP contribution in [-0.2, 0) is 4.79 Å². The lowest BCUT2D eigenvalue weighted by Crippen LogP contribution is -2.13. The van der Waals surface area contributed by atoms with Crippen LogP contribution in [0.5, 0.6) is 0 Å². The minimum atomic E-state index is 0.00293. The van der Waals surface area contributed by atoms with E-state index in [4.69, 9.17) is 17.3 Å². The maximum atomic E-state index is 11.8. The lowest BCUT2D eigenvalue weighted by molar-refractivity contribution is -0.116. The van der Waals surface area contributed by atoms with Gasteiger partial charge in [0.05, 0.1) is 11.4 Å². The topological polar surface area (TPSA) is 55.1 Å². The molecule has 0 saturated carbocycles. The highest BCUT2D eigenvalue weighted by molar-refractivity contribution is 7.99. The maximum absolute atomic E-state index is 11.8. The van der Waals surface area contributed by atoms with Crippen LogP contribution in [0.4, 0.5) is 11.4 Å². The molecule has 3 nitrogen and oxygen atoms in total. The summed E-state index contributed by atoms with van der Waals surface area (Å²) in [7, 11) is 0. The number of hydrogen-bond acceptors (Lipinski definition) is 3. The molecule has 1 atom stereocenters. The fourth-order valence-corrected chi connectivity index (χ4v) is 2.93. The second-order valence-corrected chi connectivity index (χ2v) is 6.56. The van der Waals surface area contributed by atoms with Gasteiger partial charge in [-0.2, -0.15) is 11.8 Å². The van der Waals surface area contributed by atoms with Crippen LogP contribution in [0.2, 0.25) is 5.02 Å². The van der Waals surface area contributed by atoms with E-state index in [1.807, 2.05) is 11.8 Å². The highest BCUT2D eigenvalue weighted by Gasteiger charge is 2.06. The Balaban J connectivity index is 2.23. The predicted molar refractivity (Wildman–Crippen MR) is 90.5 cm³/mol. The predicted octanol–water partition coefficient (Wildman–Crippen LogP) is 4.42. The number of anilines is 2. The number of thioether (sulfide) groups is 1. The summed E-state index contributed by atoms with van der Waals surface area (Å²) in [4.78, 5) is 11.8. The van der Waals surface area contributed by atoms with Gasteiger partial charge in [0.1, 0.15) is 0 Å². The van der Waals surface area contributed by atoms with E-state index in [0.717, 1.165) is 18.1 Å². The van der Waals surface area contributed by atoms with Crippen LogP contribution in [-0.4, -0.2) is 17.4 Å². The molecule has 0 spiro atoms. The first-order valence-corrected chi connectivity index (χ1v) is 8.48. The van der Waals surface area contributed by atoms with Gasteiger partial charge >= 0.3 is 0 Å². The van der Waals surface area contributed by atoms with Crippen molar-refractivity contribution in [2.75, 3.05) is 22.6 Å². The van der Waals surface area contributed by atoms with Crippen LogP contribution in [0, 0.1) is 5.92 Å². The number of halogens is 1. The number of nitrogens with two attached hydrogens (primary N) is 1. The van der Waals surface area contributed by atoms with Gasteiger partial charge in [0.25, 0.3) is 0 Å². The van der Waals surface area contributed by atoms with Crippen molar-refractivity contribution in [3.8, 4) is 0 Å². The summed E-state index contributed by atoms with van der Waals surface area (Å²) in [5, 5.41) is 3.39. The van der Waals surface area contributed by atoms with E-state index in [9.17, 15) is 4.79 Å². The summed E-state index contributed by atoms with van der Waals surface area (Å²) in [6.45, 7) is 4.46. The molecular formula is C15H23ClN2OS. The van der Waals surface area contributed by atoms with Crippen LogP contribution >= 0.6 is 23.4 Å². The van der Waals surface area contributed by atoms with Crippen LogP contribution in [0.1, 0.15) is 33.1 Å². The zero-order valence-corrected chi connectivity index (χ0v) is 13.7. The number of rotatable bonds is 8. The van der Waals surface area contributed by atoms with Crippen molar-refractivity contribution in [2.24, 2.45) is 5.92 Å². The molecule has 5 heteroatoms. The van der Waals surface area contributed by atoms with Gasteiger partial charge in [-0.15, -0.1) is 0 Å². The highest BCUT2D eigenvalue weighted by Crippen LogP contribution is 2.23. The van der Waals surface area contributed by atoms with E-state index >= 15 is 0 Å². The van der Waals surface area contributed by atoms with Gasteiger partial charge in [-0.3, -0.25) is 4.79 Å². The Bertz CT molecular complexity index is 440. The molecule has 3 N–H and O–H groups in total. The SMILES string of the molecule is CCC(C)CSCCCC(=O)Nc1ccc(Cl)cc1N. The van der Waals surface area contributed by atoms with Gasteiger partial charge < -0.3 is 11.1 Å². The first kappa shape index (κ1) is 17.2. The molecule has 0 heterocycles. The third-order valence-corrected chi connectivity index (χ3v) is 4.70. The summed E-state index contributed by atoms with van der Waals surface area (Å²) < 4.78 is 0. The number of carbonyl (C=O) groups excluding carboxylic acids is 1. The largest absolute Gasteiger partial charge is 0.397 e. The van der Waals surface area contributed by atoms with Gasteiger partial charge in [0.2, 0.25) is 5.91 Å². The minimum Gasteiger partial charge on any atom is -0.397 e. The minimum absolute atomic E-state index is 0.00293. The standard InChI is InChI=1S/C15H23ClN2OS/c1-3-11(2)10-20-8-4-5-15(19)18-14-7-6-12(16)9-13(14)17/h6-7,9,11H,3-5,8,10,17H2,1-2H3,(H,18,19). The van der Waals surface area contributed by atoms with E-state index < -0.39 is 0 Å². The Labute approximate surface area is 130 Å². The van der Waals surface area contributed by atoms with Crippen LogP contribution in [0.15, 0.2) is 18.2 Å². The van der Waals surface area contributed by atoms with Crippen molar-refractivity contribution in [1.29, 1.82) is 0 Å². The molecule has 1 aromatic rings. The Morgan fingerprint density at radius 3 is 2.90 bits per heavy atom. The molecule has 0 aromatic heterocycles. The van der Waals surface area contributed by atoms with E-state index in [0.29, 0.717) is 22.8 Å². The average Bonchev–Trinajstić information content (AvgIpc) is 2.41. The molecule has 0 fully saturated rings. The van der Waals surface area contributed by atoms with E-state index in [2.05, 4.69) is 19.2 Å². The first-order chi connectivity index (χ1) is 9.52. The molecule has 112 valence electrons. The van der Waals surface area contributed by atoms with E-state index in [1.54, 1.807) is 18.2 Å². The lowest BCUT2D eigenvalue weighted by Gasteiger charge is -2.09. The Morgan fingerprint density at radius 2 is 2.25 bits per heavy atom. The van der Waals surface area contributed by atoms with Crippen molar-refractivity contribution in [3.63, 3.8) is 0 Å². The molecule has 0 aliphatic rings. The molecule has 1 amide bonds. The van der Waals surface area contributed by atoms with Crippen molar-refractivity contribution in [2.45, 2.75) is 33.1 Å². The van der Waals surface area contributed by atoms with Crippen molar-refractivity contribution in [3.05, 3.63) is 23.2 Å². The lowest BCUT2D eigenvalue weighted by atomic mass is 10.2. The number of nitrogen functional groups attached to an aromatic ring is 1. The average molecular weight is 315 g/mol. The van der Waals surface area contributed by atoms with E-state index in [1.165, 1.54) is 12.2 Å². The first-order valence-electron chi connectivity index (χ1n) is 6.95. The van der Waals surface area contributed by atoms with Gasteiger partial charge in [-0.05, 0) is 42.0 Å². The third-order valence-electron chi connectivity index (χ3n) is 3.08. The second kappa shape index (κ2) is 9.14. The summed E-state index contributed by atoms with van der Waals surface area (Å²) in [5.74, 6) is 2.95. The second-order valence-electron chi connectivity index (χ2n) is 4.97. The number of carbonyl (C=O) groups is 1. The molecule has 0 aliphatic heterocycles. The maximum Gasteiger partial charge on any atom is 0.224 e. The molecule has 0 bridgehead atoms. The molecule has 1 aromatic carbocycles. The van der Waals surface area contributed by atoms with E-state index in [-0.39, 0.29) is 5.91 Å². The molecule has 20 heavy (non-hydrogen) atoms. The fraction of sp³-hybridized carbons (Fsp3) is 0.533. The quantitative estimate of drug-likeness (QED) is 0.551. The zero-order valence-electron chi connectivity index (χ0n) is 12.1. The van der Waals surface area contributed by atoms with Crippen molar-refractivity contribution in [1.82, 2.24) is 0 Å². The summed E-state index contributed by atoms with van der Waals surface area (Å²) in [5.41, 5.74) is 6.92. The number of nitrogens with one attached hydrogen (secondary N) is 1. The van der Waals surface area contributed by atoms with Gasteiger partial charge in [-0.1, -0.05) is 31.9 Å². The number of benzene rings is 1. The van der Waals surface area contributed by atoms with Gasteiger partial charge in [-0.25, -0.2) is 0 Å². The molecule has 1 rings (SSSR count). The zero-order chi connectivity index (χ0) is 15.0. The smallest absolute Gasteiger partial charge is 0.224 e. The molecular weight excluding hydrogens is 292 g/mol. The summed E-state index contributed by atoms with van der Waals surface area (Å²) in [6, 6.07) is 5.09. The molecule has 0 saturated heterocycles. The number of hydrogen-bond donors (Lipinski definition) is 2. The van der Waals surface area contributed by atoms with Gasteiger partial charge in [0, 0.05) is 11.4 Å². The summed E-state index contributed by atoms with van der Waals surface area (Å²) >= 11 is 7.73. The monoisotopic (exact) mass is 314 g/mol. The van der Waals surface area contributed by atoms with Crippen LogP contribution < -0.4 is 11.1 Å². The van der Waals surface area contributed by atoms with Crippen molar-refractivity contribution >= 4 is 40.6 Å². The Kier molecular flexibility index (Phi) is 7.85. The van der Waals surface area contributed by atoms with Gasteiger partial charge in [0.15, 0.2) is 0 Å². The fourth-order valence-electron chi connectivity index (χ4n) is 1.60. The Hall–Kier alpha value is -0.870. The highest BCUT2D eigenvalue weighted by atomic mass is 35.5. The molecule has 0 aliphatic carbocycles. The third kappa shape index (κ3) is 6.53. The molecule has 1 unspecified atom stereocenters.